The Morgan fingerprint density at radius 2 is 1.62 bits per heavy atom. The summed E-state index contributed by atoms with van der Waals surface area (Å²) < 4.78 is 27.3. The number of nitriles is 1. The maximum absolute atomic E-state index is 13.0. The zero-order chi connectivity index (χ0) is 17.7. The minimum atomic E-state index is -3.70. The van der Waals surface area contributed by atoms with E-state index in [9.17, 15) is 8.42 Å². The molecule has 0 saturated carbocycles. The topological polar surface area (TPSA) is 61.2 Å². The summed E-state index contributed by atoms with van der Waals surface area (Å²) in [6, 6.07) is 16.3. The molecule has 4 nitrogen and oxygen atoms in total. The fourth-order valence-electron chi connectivity index (χ4n) is 2.40. The van der Waals surface area contributed by atoms with E-state index in [2.05, 4.69) is 13.8 Å². The fraction of sp³-hybridized carbons (Fsp3) is 0.316. The van der Waals surface area contributed by atoms with Crippen molar-refractivity contribution in [3.63, 3.8) is 0 Å². The zero-order valence-electron chi connectivity index (χ0n) is 14.2. The summed E-state index contributed by atoms with van der Waals surface area (Å²) in [4.78, 5) is 0.241. The minimum Gasteiger partial charge on any atom is -0.265 e. The van der Waals surface area contributed by atoms with Gasteiger partial charge < -0.3 is 0 Å². The van der Waals surface area contributed by atoms with Crippen LogP contribution in [0, 0.1) is 18.3 Å². The van der Waals surface area contributed by atoms with Gasteiger partial charge >= 0.3 is 0 Å². The highest BCUT2D eigenvalue weighted by Crippen LogP contribution is 2.25. The lowest BCUT2D eigenvalue weighted by atomic mass is 10.0. The molecule has 0 aromatic heterocycles. The molecule has 0 fully saturated rings. The third-order valence-corrected chi connectivity index (χ3v) is 5.72. The van der Waals surface area contributed by atoms with E-state index >= 15 is 0 Å². The molecule has 0 unspecified atom stereocenters. The summed E-state index contributed by atoms with van der Waals surface area (Å²) in [5.74, 6) is 0.341. The predicted molar refractivity (Wildman–Crippen MR) is 96.5 cm³/mol. The predicted octanol–water partition coefficient (Wildman–Crippen LogP) is 4.23. The van der Waals surface area contributed by atoms with Gasteiger partial charge in [-0.1, -0.05) is 43.7 Å². The van der Waals surface area contributed by atoms with Gasteiger partial charge in [0.1, 0.15) is 0 Å². The van der Waals surface area contributed by atoms with Crippen molar-refractivity contribution in [2.75, 3.05) is 10.8 Å². The Labute approximate surface area is 144 Å². The van der Waals surface area contributed by atoms with Crippen LogP contribution in [0.2, 0.25) is 0 Å². The Morgan fingerprint density at radius 3 is 2.12 bits per heavy atom. The molecule has 2 aromatic rings. The molecule has 0 aliphatic rings. The molecule has 0 bridgehead atoms. The van der Waals surface area contributed by atoms with Crippen LogP contribution in [0.5, 0.6) is 0 Å². The van der Waals surface area contributed by atoms with E-state index in [0.29, 0.717) is 11.6 Å². The summed E-state index contributed by atoms with van der Waals surface area (Å²) in [5, 5.41) is 8.87. The molecule has 24 heavy (non-hydrogen) atoms. The molecule has 0 atom stereocenters. The van der Waals surface area contributed by atoms with Gasteiger partial charge in [0.25, 0.3) is 10.0 Å². The third kappa shape index (κ3) is 3.95. The molecule has 0 saturated heterocycles. The van der Waals surface area contributed by atoms with Gasteiger partial charge in [0.2, 0.25) is 0 Å². The van der Waals surface area contributed by atoms with E-state index in [0.717, 1.165) is 11.1 Å². The summed E-state index contributed by atoms with van der Waals surface area (Å²) in [5.41, 5.74) is 2.72. The van der Waals surface area contributed by atoms with Crippen molar-refractivity contribution in [3.8, 4) is 6.07 Å². The smallest absolute Gasteiger partial charge is 0.264 e. The molecule has 2 aromatic carbocycles. The summed E-state index contributed by atoms with van der Waals surface area (Å²) in [6.07, 6.45) is 0.136. The quantitative estimate of drug-likeness (QED) is 0.789. The summed E-state index contributed by atoms with van der Waals surface area (Å²) in [6.45, 7) is 6.21. The van der Waals surface area contributed by atoms with E-state index < -0.39 is 10.0 Å². The van der Waals surface area contributed by atoms with Gasteiger partial charge in [-0.05, 0) is 42.7 Å². The van der Waals surface area contributed by atoms with Crippen LogP contribution in [0.15, 0.2) is 53.4 Å². The van der Waals surface area contributed by atoms with Crippen LogP contribution in [-0.2, 0) is 10.0 Å². The number of nitrogens with zero attached hydrogens (tertiary/aromatic N) is 2. The normalized spacial score (nSPS) is 11.3. The molecule has 0 radical (unpaired) electrons. The van der Waals surface area contributed by atoms with Crippen LogP contribution >= 0.6 is 0 Å². The lowest BCUT2D eigenvalue weighted by Gasteiger charge is -2.24. The zero-order valence-corrected chi connectivity index (χ0v) is 15.0. The number of rotatable bonds is 6. The van der Waals surface area contributed by atoms with Crippen molar-refractivity contribution in [2.24, 2.45) is 0 Å². The number of hydrogen-bond acceptors (Lipinski definition) is 3. The second-order valence-electron chi connectivity index (χ2n) is 6.04. The number of anilines is 1. The standard InChI is InChI=1S/C19H22N2O2S/c1-15(2)17-7-11-19(12-8-17)24(22,23)21(14-4-13-20)18-9-5-16(3)6-10-18/h5-12,15H,4,14H2,1-3H3. The van der Waals surface area contributed by atoms with Crippen molar-refractivity contribution in [1.29, 1.82) is 5.26 Å². The highest BCUT2D eigenvalue weighted by molar-refractivity contribution is 7.92. The van der Waals surface area contributed by atoms with Crippen molar-refractivity contribution < 1.29 is 8.42 Å². The first kappa shape index (κ1) is 18.0. The molecule has 0 spiro atoms. The average Bonchev–Trinajstić information content (AvgIpc) is 2.56. The van der Waals surface area contributed by atoms with Gasteiger partial charge in [-0.3, -0.25) is 4.31 Å². The molecule has 0 amide bonds. The van der Waals surface area contributed by atoms with Crippen LogP contribution in [0.1, 0.15) is 37.3 Å². The Morgan fingerprint density at radius 1 is 1.04 bits per heavy atom. The van der Waals surface area contributed by atoms with Crippen LogP contribution in [0.3, 0.4) is 0 Å². The van der Waals surface area contributed by atoms with E-state index in [1.807, 2.05) is 37.3 Å². The largest absolute Gasteiger partial charge is 0.265 e. The lowest BCUT2D eigenvalue weighted by Crippen LogP contribution is -2.32. The SMILES string of the molecule is Cc1ccc(N(CCC#N)S(=O)(=O)c2ccc(C(C)C)cc2)cc1. The highest BCUT2D eigenvalue weighted by atomic mass is 32.2. The van der Waals surface area contributed by atoms with Gasteiger partial charge in [0.05, 0.1) is 23.1 Å². The van der Waals surface area contributed by atoms with Crippen molar-refractivity contribution >= 4 is 15.7 Å². The highest BCUT2D eigenvalue weighted by Gasteiger charge is 2.24. The molecule has 0 heterocycles. The first-order valence-electron chi connectivity index (χ1n) is 7.92. The lowest BCUT2D eigenvalue weighted by molar-refractivity contribution is 0.591. The van der Waals surface area contributed by atoms with Crippen LogP contribution < -0.4 is 4.31 Å². The Hall–Kier alpha value is -2.32. The summed E-state index contributed by atoms with van der Waals surface area (Å²) in [7, 11) is -3.70. The fourth-order valence-corrected chi connectivity index (χ4v) is 3.87. The molecule has 2 rings (SSSR count). The second-order valence-corrected chi connectivity index (χ2v) is 7.91. The van der Waals surface area contributed by atoms with Crippen molar-refractivity contribution in [2.45, 2.75) is 38.0 Å². The number of sulfonamides is 1. The van der Waals surface area contributed by atoms with Crippen LogP contribution in [0.4, 0.5) is 5.69 Å². The average molecular weight is 342 g/mol. The number of hydrogen-bond donors (Lipinski definition) is 0. The van der Waals surface area contributed by atoms with Crippen molar-refractivity contribution in [1.82, 2.24) is 0 Å². The molecular formula is C19H22N2O2S. The molecule has 0 N–H and O–H groups in total. The van der Waals surface area contributed by atoms with Crippen molar-refractivity contribution in [3.05, 3.63) is 59.7 Å². The Kier molecular flexibility index (Phi) is 5.63. The van der Waals surface area contributed by atoms with Crippen LogP contribution in [-0.4, -0.2) is 15.0 Å². The number of aryl methyl sites for hydroxylation is 1. The van der Waals surface area contributed by atoms with Gasteiger partial charge in [-0.2, -0.15) is 5.26 Å². The van der Waals surface area contributed by atoms with Gasteiger partial charge in [0.15, 0.2) is 0 Å². The minimum absolute atomic E-state index is 0.133. The van der Waals surface area contributed by atoms with E-state index in [1.165, 1.54) is 4.31 Å². The molecule has 0 aliphatic carbocycles. The molecular weight excluding hydrogens is 320 g/mol. The first-order chi connectivity index (χ1) is 11.4. The molecule has 5 heteroatoms. The van der Waals surface area contributed by atoms with E-state index in [1.54, 1.807) is 24.3 Å². The molecule has 0 aliphatic heterocycles. The van der Waals surface area contributed by atoms with Crippen LogP contribution in [0.25, 0.3) is 0 Å². The number of benzene rings is 2. The third-order valence-electron chi connectivity index (χ3n) is 3.88. The monoisotopic (exact) mass is 342 g/mol. The maximum atomic E-state index is 13.0. The Bertz CT molecular complexity index is 817. The van der Waals surface area contributed by atoms with Gasteiger partial charge in [-0.15, -0.1) is 0 Å². The van der Waals surface area contributed by atoms with Gasteiger partial charge in [-0.25, -0.2) is 8.42 Å². The molecule has 126 valence electrons. The second kappa shape index (κ2) is 7.50. The van der Waals surface area contributed by atoms with E-state index in [4.69, 9.17) is 5.26 Å². The van der Waals surface area contributed by atoms with E-state index in [-0.39, 0.29) is 17.9 Å². The maximum Gasteiger partial charge on any atom is 0.264 e. The summed E-state index contributed by atoms with van der Waals surface area (Å²) >= 11 is 0. The first-order valence-corrected chi connectivity index (χ1v) is 9.36. The van der Waals surface area contributed by atoms with Gasteiger partial charge in [0, 0.05) is 6.54 Å². The Balaban J connectivity index is 2.43.